The molecule has 0 fully saturated rings. The van der Waals surface area contributed by atoms with E-state index in [1.54, 1.807) is 44.2 Å². The molecule has 1 aliphatic heterocycles. The van der Waals surface area contributed by atoms with Crippen molar-refractivity contribution in [1.82, 2.24) is 0 Å². The highest BCUT2D eigenvalue weighted by atomic mass is 16.5. The second-order valence-corrected chi connectivity index (χ2v) is 6.63. The van der Waals surface area contributed by atoms with Crippen LogP contribution in [0.4, 0.5) is 0 Å². The van der Waals surface area contributed by atoms with Crippen LogP contribution < -0.4 is 23.7 Å². The molecule has 0 aromatic heterocycles. The van der Waals surface area contributed by atoms with E-state index in [1.807, 2.05) is 0 Å². The fourth-order valence-corrected chi connectivity index (χ4v) is 2.80. The zero-order valence-electron chi connectivity index (χ0n) is 16.9. The number of benzene rings is 2. The third-order valence-electron chi connectivity index (χ3n) is 4.32. The molecule has 0 amide bonds. The van der Waals surface area contributed by atoms with Crippen molar-refractivity contribution in [2.75, 3.05) is 21.3 Å². The molecule has 2 aromatic carbocycles. The number of carbonyl (C=O) groups excluding carboxylic acids is 2. The zero-order valence-corrected chi connectivity index (χ0v) is 16.9. The van der Waals surface area contributed by atoms with Gasteiger partial charge in [-0.2, -0.15) is 0 Å². The summed E-state index contributed by atoms with van der Waals surface area (Å²) in [7, 11) is 4.55. The highest BCUT2D eigenvalue weighted by molar-refractivity contribution is 6.14. The van der Waals surface area contributed by atoms with E-state index < -0.39 is 0 Å². The van der Waals surface area contributed by atoms with Gasteiger partial charge in [0.25, 0.3) is 0 Å². The largest absolute Gasteiger partial charge is 0.493 e. The van der Waals surface area contributed by atoms with Gasteiger partial charge in [0.15, 0.2) is 17.3 Å². The Morgan fingerprint density at radius 1 is 1.00 bits per heavy atom. The standard InChI is InChI=1S/C22H22O7/c1-12(2)22(24)28-14-6-7-15-16(11-14)29-17(20(15)23)8-13-9-18(25-3)21(27-5)19(10-13)26-4/h6-12H,1-5H3/b17-8-. The molecule has 1 aliphatic rings. The Morgan fingerprint density at radius 3 is 2.21 bits per heavy atom. The molecule has 0 radical (unpaired) electrons. The van der Waals surface area contributed by atoms with E-state index >= 15 is 0 Å². The van der Waals surface area contributed by atoms with Crippen molar-refractivity contribution in [3.05, 3.63) is 47.2 Å². The van der Waals surface area contributed by atoms with Gasteiger partial charge in [0.05, 0.1) is 32.8 Å². The molecule has 0 unspecified atom stereocenters. The first-order valence-corrected chi connectivity index (χ1v) is 8.98. The minimum Gasteiger partial charge on any atom is -0.493 e. The Bertz CT molecular complexity index is 964. The molecule has 152 valence electrons. The average molecular weight is 398 g/mol. The summed E-state index contributed by atoms with van der Waals surface area (Å²) in [6.45, 7) is 3.49. The van der Waals surface area contributed by atoms with Crippen molar-refractivity contribution in [3.63, 3.8) is 0 Å². The highest BCUT2D eigenvalue weighted by Crippen LogP contribution is 2.40. The maximum atomic E-state index is 12.7. The highest BCUT2D eigenvalue weighted by Gasteiger charge is 2.28. The lowest BCUT2D eigenvalue weighted by Gasteiger charge is -2.13. The van der Waals surface area contributed by atoms with Gasteiger partial charge in [0, 0.05) is 6.07 Å². The number of carbonyl (C=O) groups is 2. The van der Waals surface area contributed by atoms with Crippen LogP contribution in [-0.4, -0.2) is 33.1 Å². The number of ketones is 1. The SMILES string of the molecule is COc1cc(/C=C2\Oc3cc(OC(=O)C(C)C)ccc3C2=O)cc(OC)c1OC. The van der Waals surface area contributed by atoms with Gasteiger partial charge in [-0.05, 0) is 35.9 Å². The van der Waals surface area contributed by atoms with Crippen molar-refractivity contribution >= 4 is 17.8 Å². The van der Waals surface area contributed by atoms with E-state index in [4.69, 9.17) is 23.7 Å². The first-order valence-electron chi connectivity index (χ1n) is 8.98. The number of hydrogen-bond donors (Lipinski definition) is 0. The third kappa shape index (κ3) is 4.03. The van der Waals surface area contributed by atoms with Gasteiger partial charge >= 0.3 is 5.97 Å². The summed E-state index contributed by atoms with van der Waals surface area (Å²) in [5.41, 5.74) is 1.04. The van der Waals surface area contributed by atoms with E-state index in [2.05, 4.69) is 0 Å². The summed E-state index contributed by atoms with van der Waals surface area (Å²) < 4.78 is 27.0. The van der Waals surface area contributed by atoms with Crippen molar-refractivity contribution in [1.29, 1.82) is 0 Å². The molecular weight excluding hydrogens is 376 g/mol. The molecule has 7 nitrogen and oxygen atoms in total. The lowest BCUT2D eigenvalue weighted by molar-refractivity contribution is -0.137. The van der Waals surface area contributed by atoms with E-state index in [0.29, 0.717) is 39.9 Å². The molecule has 0 bridgehead atoms. The number of rotatable bonds is 6. The summed E-state index contributed by atoms with van der Waals surface area (Å²) in [5.74, 6) is 1.29. The van der Waals surface area contributed by atoms with Crippen LogP contribution in [0.5, 0.6) is 28.7 Å². The molecule has 3 rings (SSSR count). The van der Waals surface area contributed by atoms with Crippen LogP contribution >= 0.6 is 0 Å². The van der Waals surface area contributed by atoms with E-state index in [9.17, 15) is 9.59 Å². The number of Topliss-reactive ketones (excluding diaryl/α,β-unsaturated/α-hetero) is 1. The van der Waals surface area contributed by atoms with E-state index in [0.717, 1.165) is 0 Å². The monoisotopic (exact) mass is 398 g/mol. The maximum Gasteiger partial charge on any atom is 0.313 e. The van der Waals surface area contributed by atoms with Gasteiger partial charge in [-0.1, -0.05) is 13.8 Å². The van der Waals surface area contributed by atoms with Crippen LogP contribution in [0, 0.1) is 5.92 Å². The van der Waals surface area contributed by atoms with Crippen LogP contribution in [-0.2, 0) is 4.79 Å². The molecule has 7 heteroatoms. The summed E-state index contributed by atoms with van der Waals surface area (Å²) in [4.78, 5) is 24.5. The fourth-order valence-electron chi connectivity index (χ4n) is 2.80. The molecule has 2 aromatic rings. The number of allylic oxidation sites excluding steroid dienone is 1. The lowest BCUT2D eigenvalue weighted by atomic mass is 10.1. The number of hydrogen-bond acceptors (Lipinski definition) is 7. The smallest absolute Gasteiger partial charge is 0.313 e. The van der Waals surface area contributed by atoms with Crippen LogP contribution in [0.25, 0.3) is 6.08 Å². The second-order valence-electron chi connectivity index (χ2n) is 6.63. The third-order valence-corrected chi connectivity index (χ3v) is 4.32. The van der Waals surface area contributed by atoms with Gasteiger partial charge in [-0.15, -0.1) is 0 Å². The molecule has 0 N–H and O–H groups in total. The molecular formula is C22H22O7. The topological polar surface area (TPSA) is 80.3 Å². The van der Waals surface area contributed by atoms with Crippen molar-refractivity contribution < 1.29 is 33.3 Å². The predicted molar refractivity (Wildman–Crippen MR) is 106 cm³/mol. The van der Waals surface area contributed by atoms with Gasteiger partial charge in [-0.25, -0.2) is 0 Å². The van der Waals surface area contributed by atoms with E-state index in [1.165, 1.54) is 27.4 Å². The summed E-state index contributed by atoms with van der Waals surface area (Å²) in [5, 5.41) is 0. The molecule has 29 heavy (non-hydrogen) atoms. The van der Waals surface area contributed by atoms with Crippen molar-refractivity contribution in [2.24, 2.45) is 5.92 Å². The van der Waals surface area contributed by atoms with Gasteiger partial charge < -0.3 is 23.7 Å². The molecule has 0 spiro atoms. The number of methoxy groups -OCH3 is 3. The van der Waals surface area contributed by atoms with Gasteiger partial charge in [-0.3, -0.25) is 9.59 Å². The molecule has 0 saturated carbocycles. The Morgan fingerprint density at radius 2 is 1.66 bits per heavy atom. The van der Waals surface area contributed by atoms with E-state index in [-0.39, 0.29) is 23.4 Å². The minimum absolute atomic E-state index is 0.140. The van der Waals surface area contributed by atoms with Crippen LogP contribution in [0.15, 0.2) is 36.1 Å². The lowest BCUT2D eigenvalue weighted by Crippen LogP contribution is -2.14. The first-order chi connectivity index (χ1) is 13.9. The Labute approximate surface area is 168 Å². The second kappa shape index (κ2) is 8.26. The van der Waals surface area contributed by atoms with Gasteiger partial charge in [0.1, 0.15) is 11.5 Å². The molecule has 0 aliphatic carbocycles. The minimum atomic E-state index is -0.359. The Balaban J connectivity index is 1.91. The van der Waals surface area contributed by atoms with Crippen LogP contribution in [0.2, 0.25) is 0 Å². The molecule has 0 atom stereocenters. The summed E-state index contributed by atoms with van der Waals surface area (Å²) >= 11 is 0. The van der Waals surface area contributed by atoms with Crippen LogP contribution in [0.3, 0.4) is 0 Å². The van der Waals surface area contributed by atoms with Crippen molar-refractivity contribution in [3.8, 4) is 28.7 Å². The Hall–Kier alpha value is -3.48. The Kier molecular flexibility index (Phi) is 5.77. The quantitative estimate of drug-likeness (QED) is 0.415. The number of fused-ring (bicyclic) bond motifs is 1. The summed E-state index contributed by atoms with van der Waals surface area (Å²) in [6, 6.07) is 8.11. The predicted octanol–water partition coefficient (Wildman–Crippen LogP) is 3.89. The first kappa shape index (κ1) is 20.3. The zero-order chi connectivity index (χ0) is 21.1. The maximum absolute atomic E-state index is 12.7. The molecule has 1 heterocycles. The number of esters is 1. The number of ether oxygens (including phenoxy) is 5. The molecule has 0 saturated heterocycles. The average Bonchev–Trinajstić information content (AvgIpc) is 3.01. The van der Waals surface area contributed by atoms with Gasteiger partial charge in [0.2, 0.25) is 11.5 Å². The fraction of sp³-hybridized carbons (Fsp3) is 0.273. The normalized spacial score (nSPS) is 13.9. The summed E-state index contributed by atoms with van der Waals surface area (Å²) in [6.07, 6.45) is 1.59. The van der Waals surface area contributed by atoms with Crippen LogP contribution in [0.1, 0.15) is 29.8 Å². The van der Waals surface area contributed by atoms with Crippen molar-refractivity contribution in [2.45, 2.75) is 13.8 Å².